The van der Waals surface area contributed by atoms with Crippen molar-refractivity contribution >= 4 is 27.2 Å². The summed E-state index contributed by atoms with van der Waals surface area (Å²) >= 11 is 4.76. The van der Waals surface area contributed by atoms with Crippen LogP contribution in [0.3, 0.4) is 0 Å². The van der Waals surface area contributed by atoms with E-state index >= 15 is 0 Å². The second-order valence-electron chi connectivity index (χ2n) is 4.08. The van der Waals surface area contributed by atoms with Gasteiger partial charge in [0.2, 0.25) is 10.0 Å². The highest BCUT2D eigenvalue weighted by atomic mass is 32.2. The van der Waals surface area contributed by atoms with Gasteiger partial charge in [-0.25, -0.2) is 13.1 Å². The maximum atomic E-state index is 11.9. The van der Waals surface area contributed by atoms with Gasteiger partial charge in [-0.1, -0.05) is 30.4 Å². The summed E-state index contributed by atoms with van der Waals surface area (Å²) in [5.74, 6) is -0.429. The molecule has 0 spiro atoms. The molecule has 0 saturated heterocycles. The summed E-state index contributed by atoms with van der Waals surface area (Å²) in [6.45, 7) is -0.680. The van der Waals surface area contributed by atoms with Gasteiger partial charge in [0, 0.05) is 12.1 Å². The monoisotopic (exact) mass is 326 g/mol. The standard InChI is InChI=1S/C11H13F3N2O2S2/c12-11(13,14)4-5-16-20(17,18)7-8-2-1-3-9(6-8)10(15)19/h1-3,6,16H,4-5,7H2,(H2,15,19). The lowest BCUT2D eigenvalue weighted by Crippen LogP contribution is -2.29. The summed E-state index contributed by atoms with van der Waals surface area (Å²) in [5, 5.41) is 0. The Morgan fingerprint density at radius 2 is 2.00 bits per heavy atom. The number of nitrogens with one attached hydrogen (secondary N) is 1. The first-order chi connectivity index (χ1) is 9.09. The van der Waals surface area contributed by atoms with Crippen molar-refractivity contribution in [1.29, 1.82) is 0 Å². The summed E-state index contributed by atoms with van der Waals surface area (Å²) in [7, 11) is -3.83. The van der Waals surface area contributed by atoms with E-state index in [9.17, 15) is 21.6 Å². The Labute approximate surface area is 120 Å². The van der Waals surface area contributed by atoms with Gasteiger partial charge in [-0.3, -0.25) is 0 Å². The average Bonchev–Trinajstić information content (AvgIpc) is 2.26. The Morgan fingerprint density at radius 1 is 1.35 bits per heavy atom. The molecule has 3 N–H and O–H groups in total. The summed E-state index contributed by atoms with van der Waals surface area (Å²) in [6.07, 6.45) is -5.60. The summed E-state index contributed by atoms with van der Waals surface area (Å²) in [4.78, 5) is 0.120. The normalized spacial score (nSPS) is 12.3. The van der Waals surface area contributed by atoms with Crippen LogP contribution in [0.25, 0.3) is 0 Å². The molecule has 0 radical (unpaired) electrons. The molecular weight excluding hydrogens is 313 g/mol. The number of halogens is 3. The first-order valence-electron chi connectivity index (χ1n) is 5.52. The van der Waals surface area contributed by atoms with E-state index in [1.807, 2.05) is 4.72 Å². The number of thiocarbonyl (C=S) groups is 1. The lowest BCUT2D eigenvalue weighted by Gasteiger charge is -2.09. The summed E-state index contributed by atoms with van der Waals surface area (Å²) in [6, 6.07) is 6.22. The van der Waals surface area contributed by atoms with Gasteiger partial charge in [0.15, 0.2) is 0 Å². The molecule has 0 aliphatic rings. The summed E-state index contributed by atoms with van der Waals surface area (Å²) in [5.41, 5.74) is 6.32. The topological polar surface area (TPSA) is 72.2 Å². The highest BCUT2D eigenvalue weighted by Crippen LogP contribution is 2.18. The third-order valence-corrected chi connectivity index (χ3v) is 3.89. The molecule has 20 heavy (non-hydrogen) atoms. The van der Waals surface area contributed by atoms with Gasteiger partial charge in [-0.2, -0.15) is 13.2 Å². The number of hydrogen-bond acceptors (Lipinski definition) is 3. The highest BCUT2D eigenvalue weighted by Gasteiger charge is 2.27. The van der Waals surface area contributed by atoms with Crippen LogP contribution in [0.2, 0.25) is 0 Å². The quantitative estimate of drug-likeness (QED) is 0.781. The molecule has 4 nitrogen and oxygen atoms in total. The van der Waals surface area contributed by atoms with Crippen LogP contribution in [0.5, 0.6) is 0 Å². The summed E-state index contributed by atoms with van der Waals surface area (Å²) < 4.78 is 61.0. The lowest BCUT2D eigenvalue weighted by atomic mass is 10.1. The van der Waals surface area contributed by atoms with E-state index in [-0.39, 0.29) is 4.99 Å². The molecular formula is C11H13F3N2O2S2. The first kappa shape index (κ1) is 16.9. The van der Waals surface area contributed by atoms with Gasteiger partial charge >= 0.3 is 6.18 Å². The minimum Gasteiger partial charge on any atom is -0.389 e. The molecule has 0 aliphatic carbocycles. The molecule has 9 heteroatoms. The number of nitrogens with two attached hydrogens (primary N) is 1. The van der Waals surface area contributed by atoms with Gasteiger partial charge in [0.1, 0.15) is 4.99 Å². The van der Waals surface area contributed by atoms with E-state index < -0.39 is 34.9 Å². The van der Waals surface area contributed by atoms with Crippen LogP contribution >= 0.6 is 12.2 Å². The van der Waals surface area contributed by atoms with Crippen LogP contribution < -0.4 is 10.5 Å². The fourth-order valence-electron chi connectivity index (χ4n) is 1.43. The van der Waals surface area contributed by atoms with E-state index in [4.69, 9.17) is 18.0 Å². The molecule has 0 heterocycles. The minimum atomic E-state index is -4.39. The molecule has 0 atom stereocenters. The van der Waals surface area contributed by atoms with Crippen LogP contribution in [0.15, 0.2) is 24.3 Å². The van der Waals surface area contributed by atoms with Crippen LogP contribution in [0, 0.1) is 0 Å². The van der Waals surface area contributed by atoms with Crippen LogP contribution in [-0.2, 0) is 15.8 Å². The van der Waals surface area contributed by atoms with Crippen molar-refractivity contribution in [3.05, 3.63) is 35.4 Å². The molecule has 112 valence electrons. The zero-order chi connectivity index (χ0) is 15.4. The molecule has 1 aromatic carbocycles. The van der Waals surface area contributed by atoms with Crippen molar-refractivity contribution in [3.8, 4) is 0 Å². The maximum absolute atomic E-state index is 11.9. The van der Waals surface area contributed by atoms with Crippen molar-refractivity contribution < 1.29 is 21.6 Å². The van der Waals surface area contributed by atoms with Crippen molar-refractivity contribution in [2.24, 2.45) is 5.73 Å². The van der Waals surface area contributed by atoms with Crippen molar-refractivity contribution in [1.82, 2.24) is 4.72 Å². The van der Waals surface area contributed by atoms with Gasteiger partial charge < -0.3 is 5.73 Å². The van der Waals surface area contributed by atoms with E-state index in [0.29, 0.717) is 11.1 Å². The predicted octanol–water partition coefficient (Wildman–Crippen LogP) is 1.69. The first-order valence-corrected chi connectivity index (χ1v) is 7.58. The molecule has 0 amide bonds. The van der Waals surface area contributed by atoms with E-state index in [0.717, 1.165) is 0 Å². The Balaban J connectivity index is 2.67. The number of benzene rings is 1. The zero-order valence-corrected chi connectivity index (χ0v) is 11.9. The third-order valence-electron chi connectivity index (χ3n) is 2.30. The highest BCUT2D eigenvalue weighted by molar-refractivity contribution is 7.88. The molecule has 0 saturated carbocycles. The second kappa shape index (κ2) is 6.51. The second-order valence-corrected chi connectivity index (χ2v) is 6.33. The Morgan fingerprint density at radius 3 is 2.55 bits per heavy atom. The molecule has 1 aromatic rings. The Kier molecular flexibility index (Phi) is 5.49. The van der Waals surface area contributed by atoms with E-state index in [2.05, 4.69) is 0 Å². The predicted molar refractivity (Wildman–Crippen MR) is 73.6 cm³/mol. The van der Waals surface area contributed by atoms with Gasteiger partial charge in [0.25, 0.3) is 0 Å². The molecule has 0 aromatic heterocycles. The van der Waals surface area contributed by atoms with Crippen LogP contribution in [-0.4, -0.2) is 26.1 Å². The molecule has 0 aliphatic heterocycles. The lowest BCUT2D eigenvalue weighted by molar-refractivity contribution is -0.132. The van der Waals surface area contributed by atoms with E-state index in [1.165, 1.54) is 12.1 Å². The molecule has 0 fully saturated rings. The zero-order valence-electron chi connectivity index (χ0n) is 10.3. The average molecular weight is 326 g/mol. The SMILES string of the molecule is NC(=S)c1cccc(CS(=O)(=O)NCCC(F)(F)F)c1. The fraction of sp³-hybridized carbons (Fsp3) is 0.364. The largest absolute Gasteiger partial charge is 0.390 e. The van der Waals surface area contributed by atoms with Crippen molar-refractivity contribution in [3.63, 3.8) is 0 Å². The van der Waals surface area contributed by atoms with Crippen molar-refractivity contribution in [2.45, 2.75) is 18.3 Å². The van der Waals surface area contributed by atoms with Gasteiger partial charge in [-0.05, 0) is 11.6 Å². The number of alkyl halides is 3. The van der Waals surface area contributed by atoms with Gasteiger partial charge in [-0.15, -0.1) is 0 Å². The Bertz CT molecular complexity index is 586. The third kappa shape index (κ3) is 6.31. The fourth-order valence-corrected chi connectivity index (χ4v) is 2.69. The number of sulfonamides is 1. The minimum absolute atomic E-state index is 0.120. The maximum Gasteiger partial charge on any atom is 0.390 e. The Hall–Kier alpha value is -1.19. The van der Waals surface area contributed by atoms with Gasteiger partial charge in [0.05, 0.1) is 12.2 Å². The van der Waals surface area contributed by atoms with Crippen LogP contribution in [0.1, 0.15) is 17.5 Å². The van der Waals surface area contributed by atoms with Crippen LogP contribution in [0.4, 0.5) is 13.2 Å². The number of hydrogen-bond donors (Lipinski definition) is 2. The number of rotatable bonds is 6. The smallest absolute Gasteiger partial charge is 0.389 e. The molecule has 0 bridgehead atoms. The molecule has 1 rings (SSSR count). The van der Waals surface area contributed by atoms with E-state index in [1.54, 1.807) is 12.1 Å². The van der Waals surface area contributed by atoms with Crippen molar-refractivity contribution in [2.75, 3.05) is 6.54 Å². The molecule has 0 unspecified atom stereocenters.